The molecular formula is C15H20O3. The van der Waals surface area contributed by atoms with Crippen molar-refractivity contribution in [2.24, 2.45) is 5.92 Å². The first-order valence-corrected chi connectivity index (χ1v) is 6.36. The molecule has 0 N–H and O–H groups in total. The van der Waals surface area contributed by atoms with Crippen molar-refractivity contribution >= 4 is 11.8 Å². The van der Waals surface area contributed by atoms with Gasteiger partial charge in [0.1, 0.15) is 5.92 Å². The lowest BCUT2D eigenvalue weighted by atomic mass is 9.93. The molecule has 1 atom stereocenters. The average molecular weight is 248 g/mol. The zero-order valence-electron chi connectivity index (χ0n) is 11.2. The van der Waals surface area contributed by atoms with Crippen molar-refractivity contribution in [1.29, 1.82) is 0 Å². The van der Waals surface area contributed by atoms with Gasteiger partial charge in [-0.05, 0) is 20.3 Å². The molecule has 1 unspecified atom stereocenters. The van der Waals surface area contributed by atoms with E-state index in [9.17, 15) is 9.59 Å². The van der Waals surface area contributed by atoms with Crippen LogP contribution < -0.4 is 0 Å². The van der Waals surface area contributed by atoms with E-state index in [1.165, 1.54) is 0 Å². The molecule has 1 aromatic rings. The smallest absolute Gasteiger partial charge is 0.317 e. The van der Waals surface area contributed by atoms with E-state index in [4.69, 9.17) is 4.74 Å². The van der Waals surface area contributed by atoms with Crippen molar-refractivity contribution in [3.63, 3.8) is 0 Å². The van der Waals surface area contributed by atoms with E-state index in [1.54, 1.807) is 38.1 Å². The first-order chi connectivity index (χ1) is 8.56. The van der Waals surface area contributed by atoms with Gasteiger partial charge in [0.15, 0.2) is 5.78 Å². The van der Waals surface area contributed by atoms with Crippen LogP contribution in [0.2, 0.25) is 0 Å². The summed E-state index contributed by atoms with van der Waals surface area (Å²) in [4.78, 5) is 24.2. The number of hydrogen-bond donors (Lipinski definition) is 0. The fourth-order valence-corrected chi connectivity index (χ4v) is 1.76. The largest absolute Gasteiger partial charge is 0.462 e. The van der Waals surface area contributed by atoms with Crippen molar-refractivity contribution in [1.82, 2.24) is 0 Å². The van der Waals surface area contributed by atoms with Crippen LogP contribution in [-0.4, -0.2) is 17.9 Å². The van der Waals surface area contributed by atoms with Gasteiger partial charge in [-0.3, -0.25) is 9.59 Å². The average Bonchev–Trinajstić information content (AvgIpc) is 2.35. The molecule has 0 saturated carbocycles. The minimum atomic E-state index is -0.681. The van der Waals surface area contributed by atoms with Gasteiger partial charge in [-0.2, -0.15) is 0 Å². The minimum Gasteiger partial charge on any atom is -0.462 e. The Labute approximate surface area is 108 Å². The molecule has 0 aliphatic rings. The van der Waals surface area contributed by atoms with Gasteiger partial charge >= 0.3 is 5.97 Å². The van der Waals surface area contributed by atoms with Crippen LogP contribution in [0.15, 0.2) is 30.3 Å². The highest BCUT2D eigenvalue weighted by Crippen LogP contribution is 2.17. The number of ketones is 1. The molecule has 0 aromatic heterocycles. The fourth-order valence-electron chi connectivity index (χ4n) is 1.76. The summed E-state index contributed by atoms with van der Waals surface area (Å²) in [6, 6.07) is 8.90. The summed E-state index contributed by atoms with van der Waals surface area (Å²) in [5.41, 5.74) is 0.566. The maximum Gasteiger partial charge on any atom is 0.317 e. The summed E-state index contributed by atoms with van der Waals surface area (Å²) in [5, 5.41) is 0. The Morgan fingerprint density at radius 3 is 2.28 bits per heavy atom. The minimum absolute atomic E-state index is 0.150. The van der Waals surface area contributed by atoms with Crippen LogP contribution in [0.4, 0.5) is 0 Å². The van der Waals surface area contributed by atoms with Crippen LogP contribution in [0.1, 0.15) is 44.0 Å². The van der Waals surface area contributed by atoms with Gasteiger partial charge in [-0.1, -0.05) is 43.7 Å². The van der Waals surface area contributed by atoms with Gasteiger partial charge in [0.25, 0.3) is 0 Å². The number of carbonyl (C=O) groups is 2. The number of carbonyl (C=O) groups excluding carboxylic acids is 2. The quantitative estimate of drug-likeness (QED) is 0.441. The molecule has 0 saturated heterocycles. The third-order valence-electron chi connectivity index (χ3n) is 2.59. The molecule has 0 radical (unpaired) electrons. The zero-order chi connectivity index (χ0) is 13.5. The van der Waals surface area contributed by atoms with Crippen molar-refractivity contribution < 1.29 is 14.3 Å². The molecule has 1 rings (SSSR count). The number of esters is 1. The van der Waals surface area contributed by atoms with Crippen LogP contribution in [0, 0.1) is 5.92 Å². The van der Waals surface area contributed by atoms with Crippen molar-refractivity contribution in [2.45, 2.75) is 39.7 Å². The summed E-state index contributed by atoms with van der Waals surface area (Å²) in [6.45, 7) is 5.52. The lowest BCUT2D eigenvalue weighted by Gasteiger charge is -2.16. The van der Waals surface area contributed by atoms with Gasteiger partial charge in [-0.25, -0.2) is 0 Å². The van der Waals surface area contributed by atoms with Crippen molar-refractivity contribution in [3.05, 3.63) is 35.9 Å². The summed E-state index contributed by atoms with van der Waals surface area (Å²) in [6.07, 6.45) is 1.11. The Morgan fingerprint density at radius 2 is 1.78 bits per heavy atom. The SMILES string of the molecule is CCCC(C(=O)OC(C)C)C(=O)c1ccccc1. The Morgan fingerprint density at radius 1 is 1.17 bits per heavy atom. The molecule has 0 amide bonds. The van der Waals surface area contributed by atoms with Crippen LogP contribution in [0.5, 0.6) is 0 Å². The number of Topliss-reactive ketones (excluding diaryl/α,β-unsaturated/α-hetero) is 1. The Balaban J connectivity index is 2.85. The first-order valence-electron chi connectivity index (χ1n) is 6.36. The molecule has 0 bridgehead atoms. The summed E-state index contributed by atoms with van der Waals surface area (Å²) < 4.78 is 5.15. The molecule has 0 fully saturated rings. The Bertz CT molecular complexity index is 395. The molecule has 98 valence electrons. The van der Waals surface area contributed by atoms with E-state index in [0.717, 1.165) is 6.42 Å². The van der Waals surface area contributed by atoms with E-state index in [2.05, 4.69) is 0 Å². The predicted molar refractivity (Wildman–Crippen MR) is 70.4 cm³/mol. The normalized spacial score (nSPS) is 12.2. The Hall–Kier alpha value is -1.64. The highest BCUT2D eigenvalue weighted by molar-refractivity contribution is 6.08. The van der Waals surface area contributed by atoms with Gasteiger partial charge in [0.2, 0.25) is 0 Å². The van der Waals surface area contributed by atoms with E-state index in [0.29, 0.717) is 12.0 Å². The van der Waals surface area contributed by atoms with Crippen molar-refractivity contribution in [3.8, 4) is 0 Å². The number of hydrogen-bond acceptors (Lipinski definition) is 3. The first kappa shape index (κ1) is 14.4. The van der Waals surface area contributed by atoms with Crippen LogP contribution in [-0.2, 0) is 9.53 Å². The van der Waals surface area contributed by atoms with E-state index < -0.39 is 11.9 Å². The van der Waals surface area contributed by atoms with E-state index in [1.807, 2.05) is 13.0 Å². The lowest BCUT2D eigenvalue weighted by molar-refractivity contribution is -0.150. The van der Waals surface area contributed by atoms with Crippen LogP contribution >= 0.6 is 0 Å². The molecule has 3 nitrogen and oxygen atoms in total. The number of benzene rings is 1. The lowest BCUT2D eigenvalue weighted by Crippen LogP contribution is -2.28. The molecule has 3 heteroatoms. The zero-order valence-corrected chi connectivity index (χ0v) is 11.2. The number of ether oxygens (including phenoxy) is 1. The molecule has 1 aromatic carbocycles. The van der Waals surface area contributed by atoms with Gasteiger partial charge < -0.3 is 4.74 Å². The predicted octanol–water partition coefficient (Wildman–Crippen LogP) is 3.24. The third kappa shape index (κ3) is 3.99. The van der Waals surface area contributed by atoms with Crippen LogP contribution in [0.3, 0.4) is 0 Å². The monoisotopic (exact) mass is 248 g/mol. The summed E-state index contributed by atoms with van der Waals surface area (Å²) in [5.74, 6) is -1.25. The maximum absolute atomic E-state index is 12.3. The topological polar surface area (TPSA) is 43.4 Å². The van der Waals surface area contributed by atoms with Gasteiger partial charge in [-0.15, -0.1) is 0 Å². The molecular weight excluding hydrogens is 228 g/mol. The third-order valence-corrected chi connectivity index (χ3v) is 2.59. The molecule has 18 heavy (non-hydrogen) atoms. The second-order valence-electron chi connectivity index (χ2n) is 4.56. The number of rotatable bonds is 6. The van der Waals surface area contributed by atoms with E-state index in [-0.39, 0.29) is 11.9 Å². The molecule has 0 spiro atoms. The molecule has 0 aliphatic carbocycles. The second-order valence-corrected chi connectivity index (χ2v) is 4.56. The summed E-state index contributed by atoms with van der Waals surface area (Å²) in [7, 11) is 0. The van der Waals surface area contributed by atoms with E-state index >= 15 is 0 Å². The fraction of sp³-hybridized carbons (Fsp3) is 0.467. The standard InChI is InChI=1S/C15H20O3/c1-4-8-13(15(17)18-11(2)3)14(16)12-9-6-5-7-10-12/h5-7,9-11,13H,4,8H2,1-3H3. The highest BCUT2D eigenvalue weighted by atomic mass is 16.5. The van der Waals surface area contributed by atoms with Crippen molar-refractivity contribution in [2.75, 3.05) is 0 Å². The molecule has 0 heterocycles. The maximum atomic E-state index is 12.3. The molecule has 0 aliphatic heterocycles. The Kier molecular flexibility index (Phi) is 5.56. The van der Waals surface area contributed by atoms with Gasteiger partial charge in [0, 0.05) is 5.56 Å². The summed E-state index contributed by atoms with van der Waals surface area (Å²) >= 11 is 0. The second kappa shape index (κ2) is 6.94. The van der Waals surface area contributed by atoms with Crippen LogP contribution in [0.25, 0.3) is 0 Å². The highest BCUT2D eigenvalue weighted by Gasteiger charge is 2.28. The van der Waals surface area contributed by atoms with Gasteiger partial charge in [0.05, 0.1) is 6.10 Å².